The Morgan fingerprint density at radius 2 is 0.820 bits per heavy atom. The normalized spacial score (nSPS) is 12.9. The van der Waals surface area contributed by atoms with Gasteiger partial charge in [-0.05, 0) is 38.5 Å². The summed E-state index contributed by atoms with van der Waals surface area (Å²) in [5.74, 6) is -1.45. The fourth-order valence-electron chi connectivity index (χ4n) is 8.09. The number of hydrogen-bond donors (Lipinski definition) is 1. The van der Waals surface area contributed by atoms with Crippen molar-refractivity contribution in [1.29, 1.82) is 0 Å². The van der Waals surface area contributed by atoms with Crippen molar-refractivity contribution in [2.24, 2.45) is 0 Å². The molecule has 0 fully saturated rings. The van der Waals surface area contributed by atoms with Gasteiger partial charge in [-0.3, -0.25) is 9.59 Å². The molecule has 8 nitrogen and oxygen atoms in total. The molecule has 0 saturated heterocycles. The minimum Gasteiger partial charge on any atom is -0.477 e. The first kappa shape index (κ1) is 59.1. The fourth-order valence-corrected chi connectivity index (χ4v) is 8.09. The first-order valence-corrected chi connectivity index (χ1v) is 26.2. The van der Waals surface area contributed by atoms with Crippen LogP contribution in [0.25, 0.3) is 0 Å². The molecule has 8 heteroatoms. The molecule has 2 atom stereocenters. The van der Waals surface area contributed by atoms with E-state index in [4.69, 9.17) is 14.2 Å². The summed E-state index contributed by atoms with van der Waals surface area (Å²) in [6.07, 6.45) is 49.7. The maximum absolute atomic E-state index is 12.8. The summed E-state index contributed by atoms with van der Waals surface area (Å²) in [5.41, 5.74) is 0. The zero-order valence-electron chi connectivity index (χ0n) is 41.1. The van der Waals surface area contributed by atoms with E-state index >= 15 is 0 Å². The largest absolute Gasteiger partial charge is 0.477 e. The van der Waals surface area contributed by atoms with Crippen molar-refractivity contribution in [3.8, 4) is 0 Å². The van der Waals surface area contributed by atoms with Gasteiger partial charge in [0.25, 0.3) is 0 Å². The van der Waals surface area contributed by atoms with Crippen LogP contribution in [-0.2, 0) is 28.6 Å². The molecule has 0 saturated carbocycles. The van der Waals surface area contributed by atoms with E-state index in [2.05, 4.69) is 26.0 Å². The van der Waals surface area contributed by atoms with Crippen molar-refractivity contribution >= 4 is 17.9 Å². The van der Waals surface area contributed by atoms with Crippen molar-refractivity contribution in [1.82, 2.24) is 0 Å². The van der Waals surface area contributed by atoms with Crippen LogP contribution in [0, 0.1) is 0 Å². The average Bonchev–Trinajstić information content (AvgIpc) is 3.22. The van der Waals surface area contributed by atoms with Crippen LogP contribution in [-0.4, -0.2) is 80.6 Å². The second kappa shape index (κ2) is 44.7. The Hall–Kier alpha value is -1.93. The molecular formula is C53H102NO7+. The Morgan fingerprint density at radius 1 is 0.475 bits per heavy atom. The Bertz CT molecular complexity index is 1010. The van der Waals surface area contributed by atoms with E-state index in [9.17, 15) is 19.5 Å². The summed E-state index contributed by atoms with van der Waals surface area (Å²) < 4.78 is 17.4. The molecule has 0 rings (SSSR count). The number of aliphatic carboxylic acids is 1. The van der Waals surface area contributed by atoms with Gasteiger partial charge in [-0.1, -0.05) is 212 Å². The second-order valence-electron chi connectivity index (χ2n) is 19.1. The summed E-state index contributed by atoms with van der Waals surface area (Å²) in [7, 11) is 5.55. The maximum atomic E-state index is 12.8. The van der Waals surface area contributed by atoms with E-state index in [1.54, 1.807) is 0 Å². The number of hydrogen-bond acceptors (Lipinski definition) is 6. The lowest BCUT2D eigenvalue weighted by molar-refractivity contribution is -0.887. The van der Waals surface area contributed by atoms with E-state index in [1.807, 2.05) is 21.1 Å². The average molecular weight is 865 g/mol. The van der Waals surface area contributed by atoms with Gasteiger partial charge >= 0.3 is 17.9 Å². The number of ether oxygens (including phenoxy) is 3. The number of carboxylic acid groups (broad SMARTS) is 1. The van der Waals surface area contributed by atoms with Gasteiger partial charge in [0.2, 0.25) is 0 Å². The minimum absolute atomic E-state index is 0.0460. The molecule has 360 valence electrons. The number of esters is 2. The van der Waals surface area contributed by atoms with Gasteiger partial charge < -0.3 is 23.8 Å². The molecule has 0 aliphatic heterocycles. The zero-order chi connectivity index (χ0) is 44.9. The van der Waals surface area contributed by atoms with Gasteiger partial charge in [0, 0.05) is 19.3 Å². The minimum atomic E-state index is -0.871. The second-order valence-corrected chi connectivity index (χ2v) is 19.1. The molecule has 1 N–H and O–H groups in total. The first-order valence-electron chi connectivity index (χ1n) is 26.2. The highest BCUT2D eigenvalue weighted by atomic mass is 16.6. The summed E-state index contributed by atoms with van der Waals surface area (Å²) in [6, 6.07) is -0.612. The van der Waals surface area contributed by atoms with Gasteiger partial charge in [-0.15, -0.1) is 0 Å². The van der Waals surface area contributed by atoms with E-state index in [0.29, 0.717) is 19.3 Å². The predicted molar refractivity (Wildman–Crippen MR) is 257 cm³/mol. The van der Waals surface area contributed by atoms with Crippen LogP contribution in [0.15, 0.2) is 12.2 Å². The van der Waals surface area contributed by atoms with Crippen LogP contribution in [0.5, 0.6) is 0 Å². The molecule has 0 heterocycles. The highest BCUT2D eigenvalue weighted by Crippen LogP contribution is 2.16. The number of quaternary nitrogens is 1. The standard InChI is InChI=1S/C53H101NO7/c1-6-8-10-12-14-16-18-20-22-24-25-26-27-28-30-32-34-36-38-40-42-44-52(56)61-49(47-59-46-45-50(53(57)58)54(3,4)5)48-60-51(55)43-41-39-37-35-33-31-29-23-21-19-17-15-13-11-9-7-2/h26-27,49-50H,6-25,28-48H2,1-5H3/p+1/b27-26+. The van der Waals surface area contributed by atoms with Crippen LogP contribution < -0.4 is 0 Å². The van der Waals surface area contributed by atoms with Crippen LogP contribution in [0.3, 0.4) is 0 Å². The number of carbonyl (C=O) groups is 3. The van der Waals surface area contributed by atoms with Crippen molar-refractivity contribution in [2.75, 3.05) is 41.0 Å². The highest BCUT2D eigenvalue weighted by Gasteiger charge is 2.31. The molecule has 0 aromatic rings. The lowest BCUT2D eigenvalue weighted by Gasteiger charge is -2.31. The number of likely N-dealkylation sites (N-methyl/N-ethyl adjacent to an activating group) is 1. The van der Waals surface area contributed by atoms with Gasteiger partial charge in [0.15, 0.2) is 12.1 Å². The molecule has 0 aliphatic rings. The number of nitrogens with zero attached hydrogens (tertiary/aromatic N) is 1. The molecule has 0 aromatic carbocycles. The number of allylic oxidation sites excluding steroid dienone is 2. The molecule has 0 aliphatic carbocycles. The lowest BCUT2D eigenvalue weighted by atomic mass is 10.0. The Morgan fingerprint density at radius 3 is 1.18 bits per heavy atom. The number of rotatable bonds is 48. The van der Waals surface area contributed by atoms with Crippen molar-refractivity contribution in [3.63, 3.8) is 0 Å². The summed E-state index contributed by atoms with van der Waals surface area (Å²) in [6.45, 7) is 4.78. The van der Waals surface area contributed by atoms with E-state index < -0.39 is 18.1 Å². The quantitative estimate of drug-likeness (QED) is 0.0281. The third-order valence-corrected chi connectivity index (χ3v) is 12.2. The van der Waals surface area contributed by atoms with Gasteiger partial charge in [-0.2, -0.15) is 0 Å². The predicted octanol–water partition coefficient (Wildman–Crippen LogP) is 15.0. The Kier molecular flexibility index (Phi) is 43.3. The van der Waals surface area contributed by atoms with Gasteiger partial charge in [0.1, 0.15) is 6.61 Å². The Labute approximate surface area is 378 Å². The van der Waals surface area contributed by atoms with Crippen LogP contribution in [0.4, 0.5) is 0 Å². The SMILES string of the molecule is CCCCCCCCCCCC/C=C/CCCCCCCCCC(=O)OC(COCCC(C(=O)O)[N+](C)(C)C)COC(=O)CCCCCCCCCCCCCCCCCC. The molecule has 0 spiro atoms. The van der Waals surface area contributed by atoms with Crippen molar-refractivity contribution in [2.45, 2.75) is 270 Å². The monoisotopic (exact) mass is 865 g/mol. The Balaban J connectivity index is 4.20. The summed E-state index contributed by atoms with van der Waals surface area (Å²) >= 11 is 0. The third kappa shape index (κ3) is 43.1. The van der Waals surface area contributed by atoms with Crippen molar-refractivity contribution in [3.05, 3.63) is 12.2 Å². The molecule has 0 aromatic heterocycles. The van der Waals surface area contributed by atoms with Crippen molar-refractivity contribution < 1.29 is 38.2 Å². The number of carboxylic acids is 1. The third-order valence-electron chi connectivity index (χ3n) is 12.2. The van der Waals surface area contributed by atoms with Gasteiger partial charge in [0.05, 0.1) is 34.4 Å². The van der Waals surface area contributed by atoms with E-state index in [-0.39, 0.29) is 36.2 Å². The van der Waals surface area contributed by atoms with Crippen LogP contribution in [0.1, 0.15) is 258 Å². The molecular weight excluding hydrogens is 763 g/mol. The maximum Gasteiger partial charge on any atom is 0.362 e. The zero-order valence-corrected chi connectivity index (χ0v) is 41.1. The number of unbranched alkanes of at least 4 members (excludes halogenated alkanes) is 32. The smallest absolute Gasteiger partial charge is 0.362 e. The molecule has 0 bridgehead atoms. The van der Waals surface area contributed by atoms with E-state index in [1.165, 1.54) is 186 Å². The molecule has 61 heavy (non-hydrogen) atoms. The summed E-state index contributed by atoms with van der Waals surface area (Å²) in [5, 5.41) is 9.65. The number of carbonyl (C=O) groups excluding carboxylic acids is 2. The van der Waals surface area contributed by atoms with Crippen LogP contribution >= 0.6 is 0 Å². The lowest BCUT2D eigenvalue weighted by Crippen LogP contribution is -2.50. The fraction of sp³-hybridized carbons (Fsp3) is 0.906. The first-order chi connectivity index (χ1) is 29.6. The summed E-state index contributed by atoms with van der Waals surface area (Å²) in [4.78, 5) is 37.1. The molecule has 0 radical (unpaired) electrons. The molecule has 0 amide bonds. The topological polar surface area (TPSA) is 99.1 Å². The molecule has 2 unspecified atom stereocenters. The van der Waals surface area contributed by atoms with E-state index in [0.717, 1.165) is 38.5 Å². The van der Waals surface area contributed by atoms with Crippen LogP contribution in [0.2, 0.25) is 0 Å². The van der Waals surface area contributed by atoms with Gasteiger partial charge in [-0.25, -0.2) is 4.79 Å². The highest BCUT2D eigenvalue weighted by molar-refractivity contribution is 5.72.